The molecule has 2 aromatic carbocycles. The van der Waals surface area contributed by atoms with Crippen LogP contribution in [0.1, 0.15) is 54.6 Å². The molecule has 3 aromatic rings. The summed E-state index contributed by atoms with van der Waals surface area (Å²) in [5.41, 5.74) is 5.28. The number of fused-ring (bicyclic) bond motifs is 3. The molecule has 1 aromatic heterocycles. The van der Waals surface area contributed by atoms with Gasteiger partial charge in [0, 0.05) is 28.8 Å². The third-order valence-electron chi connectivity index (χ3n) is 7.70. The molecule has 0 bridgehead atoms. The number of carbonyl (C=O) groups is 1. The van der Waals surface area contributed by atoms with Gasteiger partial charge in [-0.25, -0.2) is 9.37 Å². The fourth-order valence-corrected chi connectivity index (χ4v) is 5.69. The summed E-state index contributed by atoms with van der Waals surface area (Å²) in [4.78, 5) is 16.0. The van der Waals surface area contributed by atoms with Gasteiger partial charge in [0.2, 0.25) is 5.88 Å². The van der Waals surface area contributed by atoms with Crippen LogP contribution in [0.3, 0.4) is 0 Å². The molecule has 40 heavy (non-hydrogen) atoms. The predicted molar refractivity (Wildman–Crippen MR) is 148 cm³/mol. The molecule has 8 heteroatoms. The Morgan fingerprint density at radius 3 is 2.60 bits per heavy atom. The molecule has 2 aliphatic rings. The zero-order valence-electron chi connectivity index (χ0n) is 23.4. The third kappa shape index (κ3) is 5.98. The number of pyridine rings is 1. The number of nitrogens with zero attached hydrogens (tertiary/aromatic N) is 1. The molecule has 0 saturated heterocycles. The van der Waals surface area contributed by atoms with Gasteiger partial charge in [-0.2, -0.15) is 0 Å². The predicted octanol–water partition coefficient (Wildman–Crippen LogP) is 5.47. The number of carboxylic acids is 1. The molecule has 2 aliphatic carbocycles. The lowest BCUT2D eigenvalue weighted by Crippen LogP contribution is -2.27. The minimum absolute atomic E-state index is 0.0778. The number of ether oxygens (including phenoxy) is 3. The summed E-state index contributed by atoms with van der Waals surface area (Å²) in [5.74, 6) is 0.168. The Balaban J connectivity index is 1.25. The summed E-state index contributed by atoms with van der Waals surface area (Å²) in [7, 11) is 0. The van der Waals surface area contributed by atoms with Crippen LogP contribution in [-0.4, -0.2) is 46.6 Å². The quantitative estimate of drug-likeness (QED) is 0.289. The van der Waals surface area contributed by atoms with Gasteiger partial charge in [0.15, 0.2) is 0 Å². The first-order chi connectivity index (χ1) is 19.1. The molecule has 0 radical (unpaired) electrons. The highest BCUT2D eigenvalue weighted by Crippen LogP contribution is 2.62. The standard InChI is InChI=1S/C32H36FNO6/c1-5-19-13-24-21(14-25-29(24)30(25)31(35)36)15-27(19)40-16-22-12-20(6-8-26(22)33)23-7-9-28(34-18(23)2)39-11-10-38-17-32(3,4)37/h6-9,12-13,15,25,29-30,37H,5,10-11,14,16-17H2,1-4H3,(H,35,36). The lowest BCUT2D eigenvalue weighted by Gasteiger charge is -2.17. The molecular weight excluding hydrogens is 513 g/mol. The van der Waals surface area contributed by atoms with E-state index < -0.39 is 11.6 Å². The van der Waals surface area contributed by atoms with Crippen LogP contribution >= 0.6 is 0 Å². The molecule has 1 saturated carbocycles. The van der Waals surface area contributed by atoms with E-state index in [1.54, 1.807) is 32.0 Å². The molecule has 1 fully saturated rings. The normalized spacial score (nSPS) is 19.2. The van der Waals surface area contributed by atoms with Gasteiger partial charge >= 0.3 is 5.97 Å². The molecule has 0 spiro atoms. The summed E-state index contributed by atoms with van der Waals surface area (Å²) in [6, 6.07) is 12.7. The number of benzene rings is 2. The lowest BCUT2D eigenvalue weighted by molar-refractivity contribution is -0.139. The van der Waals surface area contributed by atoms with E-state index in [-0.39, 0.29) is 36.8 Å². The smallest absolute Gasteiger partial charge is 0.307 e. The summed E-state index contributed by atoms with van der Waals surface area (Å²) in [5, 5.41) is 19.1. The van der Waals surface area contributed by atoms with Crippen molar-refractivity contribution in [2.75, 3.05) is 19.8 Å². The number of halogens is 1. The van der Waals surface area contributed by atoms with E-state index in [4.69, 9.17) is 14.2 Å². The number of aryl methyl sites for hydroxylation is 2. The van der Waals surface area contributed by atoms with Crippen LogP contribution in [0.2, 0.25) is 0 Å². The zero-order valence-corrected chi connectivity index (χ0v) is 23.4. The fraction of sp³-hybridized carbons (Fsp3) is 0.438. The maximum Gasteiger partial charge on any atom is 0.307 e. The second kappa shape index (κ2) is 11.2. The Labute approximate surface area is 233 Å². The zero-order chi connectivity index (χ0) is 28.6. The van der Waals surface area contributed by atoms with E-state index in [1.165, 1.54) is 6.07 Å². The third-order valence-corrected chi connectivity index (χ3v) is 7.70. The summed E-state index contributed by atoms with van der Waals surface area (Å²) >= 11 is 0. The number of rotatable bonds is 12. The van der Waals surface area contributed by atoms with Crippen LogP contribution in [-0.2, 0) is 29.0 Å². The molecule has 3 atom stereocenters. The van der Waals surface area contributed by atoms with Crippen molar-refractivity contribution in [1.29, 1.82) is 0 Å². The van der Waals surface area contributed by atoms with Crippen molar-refractivity contribution in [3.05, 3.63) is 76.2 Å². The van der Waals surface area contributed by atoms with E-state index in [0.29, 0.717) is 24.7 Å². The van der Waals surface area contributed by atoms with Crippen LogP contribution in [0.25, 0.3) is 11.1 Å². The Kier molecular flexibility index (Phi) is 7.84. The molecule has 3 unspecified atom stereocenters. The maximum absolute atomic E-state index is 14.8. The van der Waals surface area contributed by atoms with Crippen LogP contribution in [0, 0.1) is 24.6 Å². The number of aliphatic hydroxyl groups is 1. The largest absolute Gasteiger partial charge is 0.489 e. The fourth-order valence-electron chi connectivity index (χ4n) is 5.69. The van der Waals surface area contributed by atoms with Gasteiger partial charge in [-0.3, -0.25) is 4.79 Å². The monoisotopic (exact) mass is 549 g/mol. The van der Waals surface area contributed by atoms with Gasteiger partial charge in [0.1, 0.15) is 24.8 Å². The highest BCUT2D eigenvalue weighted by atomic mass is 19.1. The van der Waals surface area contributed by atoms with E-state index in [1.807, 2.05) is 26.0 Å². The first-order valence-electron chi connectivity index (χ1n) is 13.8. The summed E-state index contributed by atoms with van der Waals surface area (Å²) in [6.45, 7) is 8.22. The highest BCUT2D eigenvalue weighted by molar-refractivity contribution is 5.78. The van der Waals surface area contributed by atoms with Crippen molar-refractivity contribution >= 4 is 5.97 Å². The van der Waals surface area contributed by atoms with E-state index >= 15 is 0 Å². The number of hydrogen-bond acceptors (Lipinski definition) is 6. The minimum Gasteiger partial charge on any atom is -0.489 e. The molecule has 0 aliphatic heterocycles. The Hall–Kier alpha value is -3.49. The van der Waals surface area contributed by atoms with Gasteiger partial charge in [-0.1, -0.05) is 19.1 Å². The molecular formula is C32H36FNO6. The van der Waals surface area contributed by atoms with Gasteiger partial charge < -0.3 is 24.4 Å². The SMILES string of the molecule is CCc1cc2c(cc1OCc1cc(-c3ccc(OCCOCC(C)(C)O)nc3C)ccc1F)CC1C(C(=O)O)C21. The van der Waals surface area contributed by atoms with Gasteiger partial charge in [0.05, 0.1) is 24.7 Å². The van der Waals surface area contributed by atoms with Crippen LogP contribution < -0.4 is 9.47 Å². The van der Waals surface area contributed by atoms with Crippen LogP contribution in [0.4, 0.5) is 4.39 Å². The molecule has 5 rings (SSSR count). The van der Waals surface area contributed by atoms with Crippen molar-refractivity contribution < 1.29 is 33.6 Å². The Morgan fingerprint density at radius 1 is 1.10 bits per heavy atom. The van der Waals surface area contributed by atoms with Gasteiger partial charge in [0.25, 0.3) is 0 Å². The van der Waals surface area contributed by atoms with E-state index in [0.717, 1.165) is 52.1 Å². The first-order valence-corrected chi connectivity index (χ1v) is 13.8. The molecule has 0 amide bonds. The van der Waals surface area contributed by atoms with Crippen LogP contribution in [0.15, 0.2) is 42.5 Å². The first kappa shape index (κ1) is 28.1. The number of aliphatic carboxylic acids is 1. The average Bonchev–Trinajstić information content (AvgIpc) is 3.50. The summed E-state index contributed by atoms with van der Waals surface area (Å²) < 4.78 is 32.0. The minimum atomic E-state index is -0.886. The molecule has 212 valence electrons. The van der Waals surface area contributed by atoms with Crippen molar-refractivity contribution in [2.24, 2.45) is 11.8 Å². The lowest BCUT2D eigenvalue weighted by atomic mass is 9.97. The Bertz CT molecular complexity index is 1420. The maximum atomic E-state index is 14.8. The van der Waals surface area contributed by atoms with Crippen LogP contribution in [0.5, 0.6) is 11.6 Å². The summed E-state index contributed by atoms with van der Waals surface area (Å²) in [6.07, 6.45) is 1.49. The molecule has 2 N–H and O–H groups in total. The number of carboxylic acid groups (broad SMARTS) is 1. The van der Waals surface area contributed by atoms with Crippen molar-refractivity contribution in [2.45, 2.75) is 58.7 Å². The van der Waals surface area contributed by atoms with Crippen molar-refractivity contribution in [3.8, 4) is 22.8 Å². The Morgan fingerprint density at radius 2 is 1.90 bits per heavy atom. The van der Waals surface area contributed by atoms with Crippen molar-refractivity contribution in [1.82, 2.24) is 4.98 Å². The van der Waals surface area contributed by atoms with Gasteiger partial charge in [-0.15, -0.1) is 0 Å². The van der Waals surface area contributed by atoms with E-state index in [2.05, 4.69) is 11.1 Å². The van der Waals surface area contributed by atoms with Crippen molar-refractivity contribution in [3.63, 3.8) is 0 Å². The average molecular weight is 550 g/mol. The van der Waals surface area contributed by atoms with E-state index in [9.17, 15) is 19.4 Å². The molecule has 7 nitrogen and oxygen atoms in total. The number of hydrogen-bond donors (Lipinski definition) is 2. The number of aromatic nitrogens is 1. The topological polar surface area (TPSA) is 98.1 Å². The second-order valence-electron chi connectivity index (χ2n) is 11.4. The second-order valence-corrected chi connectivity index (χ2v) is 11.4. The molecule has 1 heterocycles. The highest BCUT2D eigenvalue weighted by Gasteiger charge is 2.59. The van der Waals surface area contributed by atoms with Gasteiger partial charge in [-0.05, 0) is 86.1 Å².